The Morgan fingerprint density at radius 3 is 2.29 bits per heavy atom. The van der Waals surface area contributed by atoms with Crippen LogP contribution in [0.4, 0.5) is 0 Å². The summed E-state index contributed by atoms with van der Waals surface area (Å²) in [6, 6.07) is 0.0201. The lowest BCUT2D eigenvalue weighted by atomic mass is 9.80. The Kier molecular flexibility index (Phi) is 7.80. The third-order valence-electron chi connectivity index (χ3n) is 3.46. The Balaban J connectivity index is 0.00000256. The van der Waals surface area contributed by atoms with Crippen LogP contribution in [-0.2, 0) is 4.79 Å². The maximum atomic E-state index is 11.8. The molecule has 3 N–H and O–H groups in total. The number of rotatable bonds is 4. The average molecular weight is 263 g/mol. The van der Waals surface area contributed by atoms with Crippen molar-refractivity contribution in [2.45, 2.75) is 65.0 Å². The Hall–Kier alpha value is -0.280. The molecule has 0 aromatic heterocycles. The molecule has 17 heavy (non-hydrogen) atoms. The van der Waals surface area contributed by atoms with Crippen LogP contribution < -0.4 is 11.1 Å². The van der Waals surface area contributed by atoms with E-state index >= 15 is 0 Å². The van der Waals surface area contributed by atoms with Gasteiger partial charge in [0.1, 0.15) is 0 Å². The molecule has 1 fully saturated rings. The molecule has 0 radical (unpaired) electrons. The molecule has 1 aliphatic carbocycles. The minimum Gasteiger partial charge on any atom is -0.352 e. The third kappa shape index (κ3) is 5.73. The molecule has 0 aromatic rings. The van der Waals surface area contributed by atoms with Gasteiger partial charge in [0.2, 0.25) is 5.91 Å². The van der Waals surface area contributed by atoms with E-state index in [4.69, 9.17) is 5.73 Å². The number of nitrogens with one attached hydrogen (secondary N) is 1. The van der Waals surface area contributed by atoms with E-state index in [1.165, 1.54) is 6.42 Å². The van der Waals surface area contributed by atoms with Gasteiger partial charge in [-0.3, -0.25) is 4.79 Å². The Morgan fingerprint density at radius 2 is 1.82 bits per heavy atom. The summed E-state index contributed by atoms with van der Waals surface area (Å²) >= 11 is 0. The quantitative estimate of drug-likeness (QED) is 0.818. The lowest BCUT2D eigenvalue weighted by Gasteiger charge is -2.32. The molecule has 0 saturated heterocycles. The van der Waals surface area contributed by atoms with E-state index in [2.05, 4.69) is 26.1 Å². The summed E-state index contributed by atoms with van der Waals surface area (Å²) in [7, 11) is 0. The molecule has 3 nitrogen and oxygen atoms in total. The van der Waals surface area contributed by atoms with Gasteiger partial charge in [-0.1, -0.05) is 27.2 Å². The van der Waals surface area contributed by atoms with Gasteiger partial charge in [0.25, 0.3) is 0 Å². The van der Waals surface area contributed by atoms with Crippen molar-refractivity contribution in [3.63, 3.8) is 0 Å². The molecule has 1 saturated carbocycles. The smallest absolute Gasteiger partial charge is 0.237 e. The highest BCUT2D eigenvalue weighted by Crippen LogP contribution is 2.28. The van der Waals surface area contributed by atoms with E-state index in [0.29, 0.717) is 6.04 Å². The molecule has 1 aliphatic rings. The molecule has 3 unspecified atom stereocenters. The van der Waals surface area contributed by atoms with Gasteiger partial charge in [-0.25, -0.2) is 0 Å². The minimum absolute atomic E-state index is 0. The first-order chi connectivity index (χ1) is 7.52. The second-order valence-electron chi connectivity index (χ2n) is 5.52. The summed E-state index contributed by atoms with van der Waals surface area (Å²) in [5.41, 5.74) is 5.80. The van der Waals surface area contributed by atoms with Gasteiger partial charge in [0, 0.05) is 6.04 Å². The van der Waals surface area contributed by atoms with Crippen molar-refractivity contribution >= 4 is 18.3 Å². The van der Waals surface area contributed by atoms with Gasteiger partial charge in [-0.2, -0.15) is 0 Å². The van der Waals surface area contributed by atoms with Crippen LogP contribution in [0.25, 0.3) is 0 Å². The monoisotopic (exact) mass is 262 g/mol. The fourth-order valence-corrected chi connectivity index (χ4v) is 2.82. The summed E-state index contributed by atoms with van der Waals surface area (Å²) in [4.78, 5) is 11.8. The summed E-state index contributed by atoms with van der Waals surface area (Å²) in [5, 5.41) is 3.10. The molecule has 0 aromatic carbocycles. The highest BCUT2D eigenvalue weighted by Gasteiger charge is 2.26. The van der Waals surface area contributed by atoms with Crippen LogP contribution in [0.1, 0.15) is 52.9 Å². The lowest BCUT2D eigenvalue weighted by Crippen LogP contribution is -2.47. The molecule has 0 bridgehead atoms. The van der Waals surface area contributed by atoms with Crippen LogP contribution in [0, 0.1) is 11.8 Å². The van der Waals surface area contributed by atoms with Crippen LogP contribution in [0.5, 0.6) is 0 Å². The zero-order valence-corrected chi connectivity index (χ0v) is 12.1. The molecule has 0 spiro atoms. The van der Waals surface area contributed by atoms with Crippen molar-refractivity contribution in [3.05, 3.63) is 0 Å². The maximum absolute atomic E-state index is 11.8. The molecule has 102 valence electrons. The fourth-order valence-electron chi connectivity index (χ4n) is 2.82. The Bertz CT molecular complexity index is 225. The second kappa shape index (κ2) is 7.93. The standard InChI is InChI=1S/C13H26N2O.ClH/c1-4-5-12(14)13(16)15-11-7-9(2)6-10(3)8-11;/h9-12H,4-8,14H2,1-3H3,(H,15,16);1H. The first-order valence-corrected chi connectivity index (χ1v) is 6.58. The minimum atomic E-state index is -0.322. The highest BCUT2D eigenvalue weighted by atomic mass is 35.5. The lowest BCUT2D eigenvalue weighted by molar-refractivity contribution is -0.123. The van der Waals surface area contributed by atoms with Gasteiger partial charge in [0.15, 0.2) is 0 Å². The van der Waals surface area contributed by atoms with E-state index < -0.39 is 0 Å². The van der Waals surface area contributed by atoms with Crippen molar-refractivity contribution in [1.82, 2.24) is 5.32 Å². The van der Waals surface area contributed by atoms with Gasteiger partial charge in [-0.15, -0.1) is 12.4 Å². The SMILES string of the molecule is CCCC(N)C(=O)NC1CC(C)CC(C)C1.Cl. The molecule has 1 amide bonds. The van der Waals surface area contributed by atoms with Crippen LogP contribution >= 0.6 is 12.4 Å². The van der Waals surface area contributed by atoms with E-state index in [1.807, 2.05) is 0 Å². The molecular formula is C13H27ClN2O. The van der Waals surface area contributed by atoms with E-state index in [-0.39, 0.29) is 24.4 Å². The number of carbonyl (C=O) groups excluding carboxylic acids is 1. The average Bonchev–Trinajstić information content (AvgIpc) is 2.16. The van der Waals surface area contributed by atoms with Crippen LogP contribution in [0.3, 0.4) is 0 Å². The predicted octanol–water partition coefficient (Wildman–Crippen LogP) is 2.48. The topological polar surface area (TPSA) is 55.1 Å². The first-order valence-electron chi connectivity index (χ1n) is 6.58. The normalized spacial score (nSPS) is 30.2. The third-order valence-corrected chi connectivity index (χ3v) is 3.46. The summed E-state index contributed by atoms with van der Waals surface area (Å²) in [5.74, 6) is 1.47. The molecule has 1 rings (SSSR count). The van der Waals surface area contributed by atoms with Crippen LogP contribution in [-0.4, -0.2) is 18.0 Å². The number of hydrogen-bond acceptors (Lipinski definition) is 2. The zero-order chi connectivity index (χ0) is 12.1. The van der Waals surface area contributed by atoms with E-state index in [9.17, 15) is 4.79 Å². The number of halogens is 1. The number of carbonyl (C=O) groups is 1. The van der Waals surface area contributed by atoms with Crippen LogP contribution in [0.15, 0.2) is 0 Å². The van der Waals surface area contributed by atoms with E-state index in [1.54, 1.807) is 0 Å². The van der Waals surface area contributed by atoms with Gasteiger partial charge >= 0.3 is 0 Å². The molecule has 3 atom stereocenters. The van der Waals surface area contributed by atoms with E-state index in [0.717, 1.165) is 37.5 Å². The largest absolute Gasteiger partial charge is 0.352 e. The van der Waals surface area contributed by atoms with Crippen molar-refractivity contribution in [1.29, 1.82) is 0 Å². The number of nitrogens with two attached hydrogens (primary N) is 1. The molecular weight excluding hydrogens is 236 g/mol. The predicted molar refractivity (Wildman–Crippen MR) is 74.2 cm³/mol. The van der Waals surface area contributed by atoms with Crippen LogP contribution in [0.2, 0.25) is 0 Å². The van der Waals surface area contributed by atoms with Crippen molar-refractivity contribution < 1.29 is 4.79 Å². The molecule has 0 aliphatic heterocycles. The summed E-state index contributed by atoms with van der Waals surface area (Å²) < 4.78 is 0. The van der Waals surface area contributed by atoms with Crippen molar-refractivity contribution in [3.8, 4) is 0 Å². The van der Waals surface area contributed by atoms with Crippen molar-refractivity contribution in [2.24, 2.45) is 17.6 Å². The fraction of sp³-hybridized carbons (Fsp3) is 0.923. The Labute approximate surface area is 111 Å². The van der Waals surface area contributed by atoms with Gasteiger partial charge < -0.3 is 11.1 Å². The maximum Gasteiger partial charge on any atom is 0.237 e. The number of amides is 1. The summed E-state index contributed by atoms with van der Waals surface area (Å²) in [6.45, 7) is 6.58. The molecule has 4 heteroatoms. The van der Waals surface area contributed by atoms with Gasteiger partial charge in [-0.05, 0) is 37.5 Å². The van der Waals surface area contributed by atoms with Crippen molar-refractivity contribution in [2.75, 3.05) is 0 Å². The molecule has 0 heterocycles. The highest BCUT2D eigenvalue weighted by molar-refractivity contribution is 5.85. The zero-order valence-electron chi connectivity index (χ0n) is 11.2. The first kappa shape index (κ1) is 16.7. The van der Waals surface area contributed by atoms with Gasteiger partial charge in [0.05, 0.1) is 6.04 Å². The summed E-state index contributed by atoms with van der Waals surface area (Å²) in [6.07, 6.45) is 5.24. The Morgan fingerprint density at radius 1 is 1.29 bits per heavy atom. The second-order valence-corrected chi connectivity index (χ2v) is 5.52. The number of hydrogen-bond donors (Lipinski definition) is 2.